The molecule has 0 saturated heterocycles. The van der Waals surface area contributed by atoms with E-state index in [4.69, 9.17) is 0 Å². The lowest BCUT2D eigenvalue weighted by Crippen LogP contribution is -2.23. The predicted molar refractivity (Wildman–Crippen MR) is 91.7 cm³/mol. The smallest absolute Gasteiger partial charge is 0.291 e. The van der Waals surface area contributed by atoms with Crippen LogP contribution in [-0.4, -0.2) is 19.9 Å². The fourth-order valence-electron chi connectivity index (χ4n) is 2.59. The zero-order valence-corrected chi connectivity index (χ0v) is 12.5. The lowest BCUT2D eigenvalue weighted by atomic mass is 10.1. The number of benzene rings is 2. The third kappa shape index (κ3) is 2.40. The third-order valence-corrected chi connectivity index (χ3v) is 3.67. The van der Waals surface area contributed by atoms with Crippen molar-refractivity contribution in [2.45, 2.75) is 0 Å². The van der Waals surface area contributed by atoms with E-state index in [9.17, 15) is 9.59 Å². The molecule has 0 saturated carbocycles. The van der Waals surface area contributed by atoms with Crippen LogP contribution in [0.2, 0.25) is 0 Å². The first-order valence-corrected chi connectivity index (χ1v) is 7.37. The molecule has 0 bridgehead atoms. The molecule has 2 aromatic heterocycles. The molecule has 0 spiro atoms. The molecule has 0 aliphatic carbocycles. The average Bonchev–Trinajstić information content (AvgIpc) is 2.62. The first kappa shape index (κ1) is 14.1. The minimum atomic E-state index is -0.593. The molecule has 0 unspecified atom stereocenters. The van der Waals surface area contributed by atoms with Gasteiger partial charge >= 0.3 is 5.69 Å². The van der Waals surface area contributed by atoms with Crippen molar-refractivity contribution in [3.63, 3.8) is 0 Å². The molecule has 6 nitrogen and oxygen atoms in total. The predicted octanol–water partition coefficient (Wildman–Crippen LogP) is 2.34. The number of H-pyrrole nitrogens is 2. The number of hydrogen-bond acceptors (Lipinski definition) is 4. The Balaban J connectivity index is 2.12. The molecule has 0 radical (unpaired) electrons. The number of rotatable bonds is 2. The Bertz CT molecular complexity index is 1130. The van der Waals surface area contributed by atoms with Gasteiger partial charge in [0.1, 0.15) is 5.39 Å². The summed E-state index contributed by atoms with van der Waals surface area (Å²) in [5, 5.41) is 0.264. The zero-order chi connectivity index (χ0) is 16.5. The topological polar surface area (TPSA) is 91.5 Å². The summed E-state index contributed by atoms with van der Waals surface area (Å²) in [6, 6.07) is 18.8. The van der Waals surface area contributed by atoms with Gasteiger partial charge in [0, 0.05) is 11.1 Å². The van der Waals surface area contributed by atoms with Crippen molar-refractivity contribution in [3.05, 3.63) is 81.5 Å². The molecule has 2 aromatic carbocycles. The second kappa shape index (κ2) is 5.58. The maximum absolute atomic E-state index is 12.3. The van der Waals surface area contributed by atoms with Crippen molar-refractivity contribution < 1.29 is 0 Å². The Morgan fingerprint density at radius 3 is 2.00 bits per heavy atom. The summed E-state index contributed by atoms with van der Waals surface area (Å²) in [5.74, 6) is 0.447. The molecule has 0 amide bonds. The molecule has 6 heteroatoms. The fraction of sp³-hybridized carbons (Fsp3) is 0. The quantitative estimate of drug-likeness (QED) is 0.594. The molecule has 0 aliphatic rings. The van der Waals surface area contributed by atoms with Gasteiger partial charge in [-0.3, -0.25) is 14.8 Å². The summed E-state index contributed by atoms with van der Waals surface area (Å²) in [7, 11) is 0. The number of nitrogens with zero attached hydrogens (tertiary/aromatic N) is 2. The van der Waals surface area contributed by atoms with Gasteiger partial charge in [-0.15, -0.1) is 0 Å². The first-order chi connectivity index (χ1) is 11.7. The molecule has 0 fully saturated rings. The Morgan fingerprint density at radius 1 is 0.708 bits per heavy atom. The molecule has 0 aliphatic heterocycles. The second-order valence-electron chi connectivity index (χ2n) is 5.26. The maximum atomic E-state index is 12.3. The van der Waals surface area contributed by atoms with E-state index in [0.29, 0.717) is 11.5 Å². The van der Waals surface area contributed by atoms with E-state index >= 15 is 0 Å². The van der Waals surface area contributed by atoms with E-state index in [2.05, 4.69) is 19.9 Å². The lowest BCUT2D eigenvalue weighted by molar-refractivity contribution is 1.05. The molecular weight excluding hydrogens is 304 g/mol. The monoisotopic (exact) mass is 316 g/mol. The van der Waals surface area contributed by atoms with Crippen LogP contribution < -0.4 is 11.2 Å². The van der Waals surface area contributed by atoms with Crippen LogP contribution in [0.3, 0.4) is 0 Å². The molecule has 2 N–H and O–H groups in total. The van der Waals surface area contributed by atoms with E-state index < -0.39 is 11.2 Å². The first-order valence-electron chi connectivity index (χ1n) is 7.37. The average molecular weight is 316 g/mol. The standard InChI is InChI=1S/C18H12N4O2/c23-17-13-14(11-7-3-1-4-8-11)19-15(12-9-5-2-6-10-12)20-16(13)21-18(24)22-17/h1-10H,(H2,19,20,21,22,23,24). The van der Waals surface area contributed by atoms with Gasteiger partial charge in [0.25, 0.3) is 5.56 Å². The van der Waals surface area contributed by atoms with Gasteiger partial charge < -0.3 is 0 Å². The van der Waals surface area contributed by atoms with Crippen molar-refractivity contribution in [1.82, 2.24) is 19.9 Å². The van der Waals surface area contributed by atoms with Gasteiger partial charge in [0.2, 0.25) is 0 Å². The van der Waals surface area contributed by atoms with Gasteiger partial charge in [0.15, 0.2) is 11.5 Å². The van der Waals surface area contributed by atoms with Crippen molar-refractivity contribution >= 4 is 11.0 Å². The minimum absolute atomic E-state index is 0.219. The van der Waals surface area contributed by atoms with E-state index in [0.717, 1.165) is 11.1 Å². The Morgan fingerprint density at radius 2 is 1.33 bits per heavy atom. The van der Waals surface area contributed by atoms with Crippen molar-refractivity contribution in [2.75, 3.05) is 0 Å². The van der Waals surface area contributed by atoms with Gasteiger partial charge in [-0.1, -0.05) is 60.7 Å². The van der Waals surface area contributed by atoms with Crippen molar-refractivity contribution in [3.8, 4) is 22.6 Å². The van der Waals surface area contributed by atoms with Crippen molar-refractivity contribution in [1.29, 1.82) is 0 Å². The molecule has 4 aromatic rings. The number of fused-ring (bicyclic) bond motifs is 1. The summed E-state index contributed by atoms with van der Waals surface area (Å²) in [6.45, 7) is 0. The van der Waals surface area contributed by atoms with Gasteiger partial charge in [0.05, 0.1) is 5.69 Å². The van der Waals surface area contributed by atoms with Crippen LogP contribution in [0.5, 0.6) is 0 Å². The van der Waals surface area contributed by atoms with Crippen LogP contribution in [0.15, 0.2) is 70.3 Å². The van der Waals surface area contributed by atoms with Crippen LogP contribution in [0.4, 0.5) is 0 Å². The lowest BCUT2D eigenvalue weighted by Gasteiger charge is -2.08. The van der Waals surface area contributed by atoms with Crippen LogP contribution in [-0.2, 0) is 0 Å². The number of nitrogens with one attached hydrogen (secondary N) is 2. The van der Waals surface area contributed by atoms with Crippen LogP contribution in [0.1, 0.15) is 0 Å². The molecule has 116 valence electrons. The second-order valence-corrected chi connectivity index (χ2v) is 5.26. The van der Waals surface area contributed by atoms with Crippen LogP contribution in [0.25, 0.3) is 33.7 Å². The fourth-order valence-corrected chi connectivity index (χ4v) is 2.59. The molecule has 4 rings (SSSR count). The summed E-state index contributed by atoms with van der Waals surface area (Å²) >= 11 is 0. The highest BCUT2D eigenvalue weighted by Crippen LogP contribution is 2.25. The Hall–Kier alpha value is -3.54. The highest BCUT2D eigenvalue weighted by molar-refractivity contribution is 5.90. The third-order valence-electron chi connectivity index (χ3n) is 3.67. The summed E-state index contributed by atoms with van der Waals surface area (Å²) in [6.07, 6.45) is 0. The highest BCUT2D eigenvalue weighted by atomic mass is 16.2. The van der Waals surface area contributed by atoms with E-state index in [1.54, 1.807) is 0 Å². The van der Waals surface area contributed by atoms with Gasteiger partial charge in [-0.2, -0.15) is 0 Å². The Labute approximate surface area is 135 Å². The van der Waals surface area contributed by atoms with E-state index in [1.807, 2.05) is 60.7 Å². The van der Waals surface area contributed by atoms with Crippen LogP contribution in [0, 0.1) is 0 Å². The SMILES string of the molecule is O=c1[nH]c(=O)c2c(-c3ccccc3)nc(-c3ccccc3)nc2[nH]1. The summed E-state index contributed by atoms with van der Waals surface area (Å²) < 4.78 is 0. The van der Waals surface area contributed by atoms with Crippen molar-refractivity contribution in [2.24, 2.45) is 0 Å². The van der Waals surface area contributed by atoms with E-state index in [-0.39, 0.29) is 11.0 Å². The number of aromatic amines is 2. The van der Waals surface area contributed by atoms with Crippen LogP contribution >= 0.6 is 0 Å². The highest BCUT2D eigenvalue weighted by Gasteiger charge is 2.15. The zero-order valence-electron chi connectivity index (χ0n) is 12.5. The minimum Gasteiger partial charge on any atom is -0.291 e. The summed E-state index contributed by atoms with van der Waals surface area (Å²) in [4.78, 5) is 37.7. The van der Waals surface area contributed by atoms with E-state index in [1.165, 1.54) is 0 Å². The normalized spacial score (nSPS) is 10.8. The summed E-state index contributed by atoms with van der Waals surface area (Å²) in [5.41, 5.74) is 1.18. The molecular formula is C18H12N4O2. The molecule has 24 heavy (non-hydrogen) atoms. The Kier molecular flexibility index (Phi) is 3.28. The number of hydrogen-bond donors (Lipinski definition) is 2. The molecule has 2 heterocycles. The van der Waals surface area contributed by atoms with Gasteiger partial charge in [-0.25, -0.2) is 14.8 Å². The largest absolute Gasteiger partial charge is 0.327 e. The number of aromatic nitrogens is 4. The van der Waals surface area contributed by atoms with Gasteiger partial charge in [-0.05, 0) is 0 Å². The molecule has 0 atom stereocenters. The maximum Gasteiger partial charge on any atom is 0.327 e.